The summed E-state index contributed by atoms with van der Waals surface area (Å²) in [5, 5.41) is 9.05. The summed E-state index contributed by atoms with van der Waals surface area (Å²) in [7, 11) is 0. The number of hydrogen-bond acceptors (Lipinski definition) is 4. The molecule has 0 aliphatic carbocycles. The van der Waals surface area contributed by atoms with Gasteiger partial charge in [-0.3, -0.25) is 9.59 Å². The number of hydrogen-bond donors (Lipinski definition) is 3. The summed E-state index contributed by atoms with van der Waals surface area (Å²) in [6, 6.07) is 41.8. The van der Waals surface area contributed by atoms with Crippen LogP contribution in [0.25, 0.3) is 11.1 Å². The molecule has 0 aromatic heterocycles. The summed E-state index contributed by atoms with van der Waals surface area (Å²) in [5.41, 5.74) is 5.44. The Morgan fingerprint density at radius 3 is 1.82 bits per heavy atom. The number of carbonyl (C=O) groups excluding carboxylic acids is 2. The highest BCUT2D eigenvalue weighted by atomic mass is 16.5. The second-order valence-corrected chi connectivity index (χ2v) is 9.21. The normalized spacial score (nSPS) is 11.2. The van der Waals surface area contributed by atoms with Gasteiger partial charge in [-0.1, -0.05) is 72.8 Å². The van der Waals surface area contributed by atoms with Crippen molar-refractivity contribution in [3.63, 3.8) is 0 Å². The van der Waals surface area contributed by atoms with Gasteiger partial charge < -0.3 is 20.7 Å². The number of ether oxygens (including phenoxy) is 1. The van der Waals surface area contributed by atoms with Crippen molar-refractivity contribution in [3.8, 4) is 16.9 Å². The molecule has 1 unspecified atom stereocenters. The van der Waals surface area contributed by atoms with E-state index in [9.17, 15) is 9.59 Å². The van der Waals surface area contributed by atoms with Gasteiger partial charge in [0, 0.05) is 17.1 Å². The van der Waals surface area contributed by atoms with Gasteiger partial charge in [0.25, 0.3) is 11.8 Å². The number of amides is 2. The van der Waals surface area contributed by atoms with Gasteiger partial charge in [-0.05, 0) is 78.7 Å². The number of carbonyl (C=O) groups is 2. The minimum absolute atomic E-state index is 0.329. The second kappa shape index (κ2) is 12.5. The van der Waals surface area contributed by atoms with E-state index in [2.05, 4.69) is 16.0 Å². The van der Waals surface area contributed by atoms with Crippen LogP contribution in [0.3, 0.4) is 0 Å². The highest BCUT2D eigenvalue weighted by Crippen LogP contribution is 2.24. The molecule has 40 heavy (non-hydrogen) atoms. The standard InChI is InChI=1S/C34H29N3O3/c1-24(40-30-22-16-26(17-23-30)25-10-4-2-5-11-25)33(38)37-32-15-9-8-14-31(32)34(39)36-29-20-18-28(19-21-29)35-27-12-6-3-7-13-27/h2-24,35H,1H3,(H,36,39)(H,37,38). The van der Waals surface area contributed by atoms with Crippen LogP contribution < -0.4 is 20.7 Å². The maximum atomic E-state index is 13.1. The third-order valence-corrected chi connectivity index (χ3v) is 6.28. The van der Waals surface area contributed by atoms with E-state index in [1.54, 1.807) is 31.2 Å². The average molecular weight is 528 g/mol. The largest absolute Gasteiger partial charge is 0.481 e. The first-order valence-electron chi connectivity index (χ1n) is 13.0. The van der Waals surface area contributed by atoms with Crippen molar-refractivity contribution in [2.75, 3.05) is 16.0 Å². The molecule has 6 heteroatoms. The van der Waals surface area contributed by atoms with Crippen LogP contribution in [0.5, 0.6) is 5.75 Å². The lowest BCUT2D eigenvalue weighted by Crippen LogP contribution is -2.31. The van der Waals surface area contributed by atoms with Crippen LogP contribution in [0.15, 0.2) is 133 Å². The van der Waals surface area contributed by atoms with Crippen molar-refractivity contribution >= 4 is 34.6 Å². The van der Waals surface area contributed by atoms with Gasteiger partial charge in [0.05, 0.1) is 11.3 Å². The SMILES string of the molecule is CC(Oc1ccc(-c2ccccc2)cc1)C(=O)Nc1ccccc1C(=O)Nc1ccc(Nc2ccccc2)cc1. The molecule has 0 heterocycles. The Balaban J connectivity index is 1.19. The summed E-state index contributed by atoms with van der Waals surface area (Å²) in [6.07, 6.45) is -0.775. The van der Waals surface area contributed by atoms with Crippen LogP contribution in [-0.2, 0) is 4.79 Å². The second-order valence-electron chi connectivity index (χ2n) is 9.21. The molecule has 0 aliphatic rings. The quantitative estimate of drug-likeness (QED) is 0.183. The van der Waals surface area contributed by atoms with Crippen molar-refractivity contribution < 1.29 is 14.3 Å². The Morgan fingerprint density at radius 1 is 0.575 bits per heavy atom. The molecule has 0 radical (unpaired) electrons. The predicted molar refractivity (Wildman–Crippen MR) is 161 cm³/mol. The monoisotopic (exact) mass is 527 g/mol. The Bertz CT molecular complexity index is 1570. The van der Waals surface area contributed by atoms with E-state index in [4.69, 9.17) is 4.74 Å². The molecule has 5 aromatic rings. The first-order valence-corrected chi connectivity index (χ1v) is 13.0. The fourth-order valence-electron chi connectivity index (χ4n) is 4.16. The van der Waals surface area contributed by atoms with Crippen LogP contribution in [0.2, 0.25) is 0 Å². The lowest BCUT2D eigenvalue weighted by Gasteiger charge is -2.17. The molecule has 3 N–H and O–H groups in total. The number of anilines is 4. The van der Waals surface area contributed by atoms with E-state index < -0.39 is 6.10 Å². The van der Waals surface area contributed by atoms with Gasteiger partial charge in [0.15, 0.2) is 6.10 Å². The van der Waals surface area contributed by atoms with E-state index in [1.807, 2.05) is 109 Å². The van der Waals surface area contributed by atoms with Crippen LogP contribution in [0, 0.1) is 0 Å². The number of nitrogens with one attached hydrogen (secondary N) is 3. The van der Waals surface area contributed by atoms with Gasteiger partial charge in [-0.15, -0.1) is 0 Å². The summed E-state index contributed by atoms with van der Waals surface area (Å²) >= 11 is 0. The van der Waals surface area contributed by atoms with Crippen molar-refractivity contribution in [1.82, 2.24) is 0 Å². The van der Waals surface area contributed by atoms with E-state index in [0.29, 0.717) is 22.7 Å². The van der Waals surface area contributed by atoms with Crippen LogP contribution in [0.4, 0.5) is 22.7 Å². The molecule has 6 nitrogen and oxygen atoms in total. The van der Waals surface area contributed by atoms with E-state index in [1.165, 1.54) is 0 Å². The number of benzene rings is 5. The summed E-state index contributed by atoms with van der Waals surface area (Å²) in [4.78, 5) is 26.0. The van der Waals surface area contributed by atoms with Crippen LogP contribution in [-0.4, -0.2) is 17.9 Å². The number of rotatable bonds is 9. The van der Waals surface area contributed by atoms with Gasteiger partial charge in [0.2, 0.25) is 0 Å². The minimum Gasteiger partial charge on any atom is -0.481 e. The zero-order valence-corrected chi connectivity index (χ0v) is 22.0. The highest BCUT2D eigenvalue weighted by molar-refractivity contribution is 6.10. The molecule has 0 fully saturated rings. The lowest BCUT2D eigenvalue weighted by atomic mass is 10.1. The molecule has 5 rings (SSSR count). The van der Waals surface area contributed by atoms with Gasteiger partial charge in [0.1, 0.15) is 5.75 Å². The fraction of sp³-hybridized carbons (Fsp3) is 0.0588. The van der Waals surface area contributed by atoms with Gasteiger partial charge in [-0.25, -0.2) is 0 Å². The average Bonchev–Trinajstić information content (AvgIpc) is 3.00. The topological polar surface area (TPSA) is 79.5 Å². The summed E-state index contributed by atoms with van der Waals surface area (Å²) < 4.78 is 5.87. The molecule has 0 aliphatic heterocycles. The van der Waals surface area contributed by atoms with Crippen molar-refractivity contribution in [1.29, 1.82) is 0 Å². The summed E-state index contributed by atoms with van der Waals surface area (Å²) in [6.45, 7) is 1.67. The molecule has 5 aromatic carbocycles. The molecule has 0 saturated carbocycles. The van der Waals surface area contributed by atoms with E-state index >= 15 is 0 Å². The molecule has 0 saturated heterocycles. The molecular formula is C34H29N3O3. The van der Waals surface area contributed by atoms with E-state index in [-0.39, 0.29) is 11.8 Å². The molecule has 1 atom stereocenters. The first kappa shape index (κ1) is 26.3. The Labute approximate surface area is 233 Å². The zero-order chi connectivity index (χ0) is 27.7. The molecule has 198 valence electrons. The van der Waals surface area contributed by atoms with Crippen LogP contribution >= 0.6 is 0 Å². The van der Waals surface area contributed by atoms with E-state index in [0.717, 1.165) is 22.5 Å². The lowest BCUT2D eigenvalue weighted by molar-refractivity contribution is -0.122. The molecular weight excluding hydrogens is 498 g/mol. The summed E-state index contributed by atoms with van der Waals surface area (Å²) in [5.74, 6) is -0.105. The van der Waals surface area contributed by atoms with Gasteiger partial charge in [-0.2, -0.15) is 0 Å². The van der Waals surface area contributed by atoms with Crippen molar-refractivity contribution in [2.24, 2.45) is 0 Å². The minimum atomic E-state index is -0.775. The number of para-hydroxylation sites is 2. The van der Waals surface area contributed by atoms with Crippen molar-refractivity contribution in [3.05, 3.63) is 139 Å². The zero-order valence-electron chi connectivity index (χ0n) is 22.0. The Morgan fingerprint density at radius 2 is 1.12 bits per heavy atom. The Kier molecular flexibility index (Phi) is 8.18. The smallest absolute Gasteiger partial charge is 0.265 e. The molecule has 0 bridgehead atoms. The van der Waals surface area contributed by atoms with Crippen LogP contribution in [0.1, 0.15) is 17.3 Å². The highest BCUT2D eigenvalue weighted by Gasteiger charge is 2.19. The fourth-order valence-corrected chi connectivity index (χ4v) is 4.16. The van der Waals surface area contributed by atoms with Gasteiger partial charge >= 0.3 is 0 Å². The Hall–Kier alpha value is -5.36. The third-order valence-electron chi connectivity index (χ3n) is 6.28. The molecule has 0 spiro atoms. The van der Waals surface area contributed by atoms with Crippen molar-refractivity contribution in [2.45, 2.75) is 13.0 Å². The third kappa shape index (κ3) is 6.74. The maximum Gasteiger partial charge on any atom is 0.265 e. The molecule has 2 amide bonds. The first-order chi connectivity index (χ1) is 19.5. The maximum absolute atomic E-state index is 13.1. The predicted octanol–water partition coefficient (Wildman–Crippen LogP) is 7.76.